The molecule has 0 aromatic heterocycles. The number of para-hydroxylation sites is 1. The van der Waals surface area contributed by atoms with E-state index >= 15 is 0 Å². The molecule has 0 bridgehead atoms. The number of anilines is 1. The van der Waals surface area contributed by atoms with E-state index in [1.807, 2.05) is 18.7 Å². The Morgan fingerprint density at radius 2 is 1.53 bits per heavy atom. The molecule has 2 aromatic carbocycles. The van der Waals surface area contributed by atoms with Crippen molar-refractivity contribution in [3.05, 3.63) is 64.7 Å². The molecule has 2 fully saturated rings. The average Bonchev–Trinajstić information content (AvgIpc) is 3.08. The molecule has 2 heterocycles. The number of urea groups is 1. The van der Waals surface area contributed by atoms with Crippen LogP contribution in [0.5, 0.6) is 0 Å². The van der Waals surface area contributed by atoms with Crippen LogP contribution in [0, 0.1) is 19.8 Å². The van der Waals surface area contributed by atoms with Crippen LogP contribution in [0.3, 0.4) is 0 Å². The lowest BCUT2D eigenvalue weighted by molar-refractivity contribution is -0.125. The van der Waals surface area contributed by atoms with Crippen molar-refractivity contribution < 1.29 is 14.4 Å². The molecule has 0 spiro atoms. The van der Waals surface area contributed by atoms with Crippen LogP contribution in [0.4, 0.5) is 10.5 Å². The quantitative estimate of drug-likeness (QED) is 0.725. The summed E-state index contributed by atoms with van der Waals surface area (Å²) in [6, 6.07) is 12.9. The zero-order chi connectivity index (χ0) is 23.0. The summed E-state index contributed by atoms with van der Waals surface area (Å²) in [7, 11) is 0. The van der Waals surface area contributed by atoms with Gasteiger partial charge < -0.3 is 15.1 Å². The molecular weight excluding hydrogens is 404 g/mol. The first-order valence-corrected chi connectivity index (χ1v) is 11.1. The van der Waals surface area contributed by atoms with Crippen LogP contribution < -0.4 is 15.5 Å². The first kappa shape index (κ1) is 21.9. The Bertz CT molecular complexity index is 1040. The second-order valence-electron chi connectivity index (χ2n) is 8.97. The Labute approximate surface area is 188 Å². The standard InChI is InChI=1S/C25H30N4O3/c1-16(2)25(23(31)26-24(32)27-25)20-10-8-19(9-11-20)22(30)29-14-12-28(13-15-29)21-17(3)6-5-7-18(21)4/h5-11,16H,12-15H2,1-4H3,(H2,26,27,31,32)/t25-/m1/s1. The average molecular weight is 435 g/mol. The predicted molar refractivity (Wildman–Crippen MR) is 124 cm³/mol. The van der Waals surface area contributed by atoms with Gasteiger partial charge in [0.15, 0.2) is 0 Å². The van der Waals surface area contributed by atoms with E-state index in [9.17, 15) is 14.4 Å². The van der Waals surface area contributed by atoms with Crippen LogP contribution in [-0.2, 0) is 10.3 Å². The van der Waals surface area contributed by atoms with Gasteiger partial charge in [-0.2, -0.15) is 0 Å². The fourth-order valence-corrected chi connectivity index (χ4v) is 4.91. The van der Waals surface area contributed by atoms with E-state index in [4.69, 9.17) is 0 Å². The number of nitrogens with zero attached hydrogens (tertiary/aromatic N) is 2. The number of benzene rings is 2. The third-order valence-corrected chi connectivity index (χ3v) is 6.67. The second kappa shape index (κ2) is 8.30. The Balaban J connectivity index is 1.47. The molecule has 7 nitrogen and oxygen atoms in total. The molecule has 0 radical (unpaired) electrons. The van der Waals surface area contributed by atoms with Crippen LogP contribution >= 0.6 is 0 Å². The van der Waals surface area contributed by atoms with Gasteiger partial charge in [0.1, 0.15) is 5.54 Å². The third-order valence-electron chi connectivity index (χ3n) is 6.67. The fraction of sp³-hybridized carbons (Fsp3) is 0.400. The molecule has 2 aromatic rings. The Morgan fingerprint density at radius 3 is 2.03 bits per heavy atom. The van der Waals surface area contributed by atoms with Gasteiger partial charge in [0.25, 0.3) is 11.8 Å². The highest BCUT2D eigenvalue weighted by molar-refractivity contribution is 6.07. The van der Waals surface area contributed by atoms with Crippen LogP contribution in [0.15, 0.2) is 42.5 Å². The maximum absolute atomic E-state index is 13.1. The SMILES string of the molecule is Cc1cccc(C)c1N1CCN(C(=O)c2ccc([C@@]3(C(C)C)NC(=O)NC3=O)cc2)CC1. The smallest absolute Gasteiger partial charge is 0.322 e. The number of hydrogen-bond acceptors (Lipinski definition) is 4. The number of carbonyl (C=O) groups is 3. The monoisotopic (exact) mass is 434 g/mol. The lowest BCUT2D eigenvalue weighted by Gasteiger charge is -2.37. The zero-order valence-electron chi connectivity index (χ0n) is 19.1. The van der Waals surface area contributed by atoms with E-state index in [0.717, 1.165) is 13.1 Å². The molecular formula is C25H30N4O3. The largest absolute Gasteiger partial charge is 0.368 e. The topological polar surface area (TPSA) is 81.8 Å². The van der Waals surface area contributed by atoms with Crippen LogP contribution in [-0.4, -0.2) is 48.9 Å². The number of rotatable bonds is 4. The van der Waals surface area contributed by atoms with E-state index in [2.05, 4.69) is 47.6 Å². The summed E-state index contributed by atoms with van der Waals surface area (Å²) in [5.74, 6) is -0.524. The van der Waals surface area contributed by atoms with Crippen molar-refractivity contribution in [1.82, 2.24) is 15.5 Å². The molecule has 4 rings (SSSR count). The molecule has 2 saturated heterocycles. The molecule has 0 saturated carbocycles. The van der Waals surface area contributed by atoms with E-state index in [0.29, 0.717) is 24.2 Å². The molecule has 32 heavy (non-hydrogen) atoms. The highest BCUT2D eigenvalue weighted by Gasteiger charge is 2.50. The van der Waals surface area contributed by atoms with Gasteiger partial charge in [-0.25, -0.2) is 4.79 Å². The Hall–Kier alpha value is -3.35. The van der Waals surface area contributed by atoms with Crippen molar-refractivity contribution in [2.24, 2.45) is 5.92 Å². The van der Waals surface area contributed by atoms with Gasteiger partial charge >= 0.3 is 6.03 Å². The predicted octanol–water partition coefficient (Wildman–Crippen LogP) is 2.96. The summed E-state index contributed by atoms with van der Waals surface area (Å²) >= 11 is 0. The summed E-state index contributed by atoms with van der Waals surface area (Å²) in [6.07, 6.45) is 0. The molecule has 0 unspecified atom stereocenters. The van der Waals surface area contributed by atoms with Crippen LogP contribution in [0.2, 0.25) is 0 Å². The van der Waals surface area contributed by atoms with Gasteiger partial charge in [0.05, 0.1) is 0 Å². The second-order valence-corrected chi connectivity index (χ2v) is 8.97. The summed E-state index contributed by atoms with van der Waals surface area (Å²) in [5, 5.41) is 5.11. The van der Waals surface area contributed by atoms with E-state index in [1.165, 1.54) is 16.8 Å². The molecule has 2 aliphatic rings. The highest BCUT2D eigenvalue weighted by Crippen LogP contribution is 2.33. The van der Waals surface area contributed by atoms with Gasteiger partial charge in [-0.05, 0) is 48.6 Å². The Kier molecular flexibility index (Phi) is 5.67. The minimum atomic E-state index is -1.12. The zero-order valence-corrected chi connectivity index (χ0v) is 19.1. The van der Waals surface area contributed by atoms with E-state index in [-0.39, 0.29) is 17.7 Å². The van der Waals surface area contributed by atoms with E-state index < -0.39 is 11.6 Å². The number of carbonyl (C=O) groups excluding carboxylic acids is 3. The van der Waals surface area contributed by atoms with Crippen LogP contribution in [0.1, 0.15) is 40.9 Å². The van der Waals surface area contributed by atoms with Crippen molar-refractivity contribution in [3.8, 4) is 0 Å². The molecule has 0 aliphatic carbocycles. The van der Waals surface area contributed by atoms with Gasteiger partial charge in [-0.15, -0.1) is 0 Å². The maximum Gasteiger partial charge on any atom is 0.322 e. The molecule has 2 N–H and O–H groups in total. The molecule has 168 valence electrons. The fourth-order valence-electron chi connectivity index (χ4n) is 4.91. The van der Waals surface area contributed by atoms with E-state index in [1.54, 1.807) is 24.3 Å². The van der Waals surface area contributed by atoms with Crippen molar-refractivity contribution in [2.75, 3.05) is 31.1 Å². The normalized spacial score (nSPS) is 21.0. The number of imide groups is 1. The number of nitrogens with one attached hydrogen (secondary N) is 2. The van der Waals surface area contributed by atoms with Gasteiger partial charge in [-0.1, -0.05) is 44.2 Å². The van der Waals surface area contributed by atoms with Crippen molar-refractivity contribution in [1.29, 1.82) is 0 Å². The first-order chi connectivity index (χ1) is 15.2. The summed E-state index contributed by atoms with van der Waals surface area (Å²) in [5.41, 5.74) is 3.91. The number of aryl methyl sites for hydroxylation is 2. The maximum atomic E-state index is 13.1. The van der Waals surface area contributed by atoms with Gasteiger partial charge in [0.2, 0.25) is 0 Å². The first-order valence-electron chi connectivity index (χ1n) is 11.1. The summed E-state index contributed by atoms with van der Waals surface area (Å²) in [6.45, 7) is 10.9. The highest BCUT2D eigenvalue weighted by atomic mass is 16.2. The molecule has 7 heteroatoms. The summed E-state index contributed by atoms with van der Waals surface area (Å²) in [4.78, 5) is 41.7. The lowest BCUT2D eigenvalue weighted by Crippen LogP contribution is -2.49. The van der Waals surface area contributed by atoms with Crippen molar-refractivity contribution in [2.45, 2.75) is 33.2 Å². The third kappa shape index (κ3) is 3.61. The number of piperazine rings is 1. The molecule has 1 atom stereocenters. The van der Waals surface area contributed by atoms with Crippen molar-refractivity contribution >= 4 is 23.5 Å². The minimum Gasteiger partial charge on any atom is -0.368 e. The molecule has 4 amide bonds. The van der Waals surface area contributed by atoms with Gasteiger partial charge in [0, 0.05) is 37.4 Å². The minimum absolute atomic E-state index is 0.0174. The summed E-state index contributed by atoms with van der Waals surface area (Å²) < 4.78 is 0. The van der Waals surface area contributed by atoms with Crippen LogP contribution in [0.25, 0.3) is 0 Å². The lowest BCUT2D eigenvalue weighted by atomic mass is 9.79. The Morgan fingerprint density at radius 1 is 0.938 bits per heavy atom. The number of hydrogen-bond donors (Lipinski definition) is 2. The number of amides is 4. The molecule has 2 aliphatic heterocycles. The van der Waals surface area contributed by atoms with Gasteiger partial charge in [-0.3, -0.25) is 14.9 Å². The van der Waals surface area contributed by atoms with Crippen molar-refractivity contribution in [3.63, 3.8) is 0 Å².